The van der Waals surface area contributed by atoms with Crippen molar-refractivity contribution < 1.29 is 28.7 Å². The number of carbonyl (C=O) groups is 4. The van der Waals surface area contributed by atoms with E-state index in [1.54, 1.807) is 13.8 Å². The molecule has 0 heterocycles. The maximum absolute atomic E-state index is 11.6. The Morgan fingerprint density at radius 1 is 1.15 bits per heavy atom. The summed E-state index contributed by atoms with van der Waals surface area (Å²) in [5.74, 6) is -1.63. The van der Waals surface area contributed by atoms with Crippen LogP contribution >= 0.6 is 0 Å². The minimum Gasteiger partial charge on any atom is -0.466 e. The van der Waals surface area contributed by atoms with Crippen molar-refractivity contribution >= 4 is 24.3 Å². The maximum atomic E-state index is 11.6. The van der Waals surface area contributed by atoms with Crippen molar-refractivity contribution in [1.82, 2.24) is 10.6 Å². The van der Waals surface area contributed by atoms with Crippen LogP contribution in [0.5, 0.6) is 0 Å². The molecule has 0 aliphatic carbocycles. The van der Waals surface area contributed by atoms with Gasteiger partial charge in [-0.3, -0.25) is 14.4 Å². The SMILES string of the molecule is CCOC(=O)CCC(NC(=O)CNC=O)C(=O)OCC. The van der Waals surface area contributed by atoms with Crippen LogP contribution in [-0.4, -0.2) is 50.1 Å². The first-order chi connectivity index (χ1) is 9.54. The summed E-state index contributed by atoms with van der Waals surface area (Å²) < 4.78 is 9.55. The van der Waals surface area contributed by atoms with Crippen molar-refractivity contribution in [3.8, 4) is 0 Å². The summed E-state index contributed by atoms with van der Waals surface area (Å²) >= 11 is 0. The quantitative estimate of drug-likeness (QED) is 0.399. The molecule has 0 aliphatic rings. The van der Waals surface area contributed by atoms with Crippen LogP contribution in [0.25, 0.3) is 0 Å². The summed E-state index contributed by atoms with van der Waals surface area (Å²) in [7, 11) is 0. The van der Waals surface area contributed by atoms with Crippen molar-refractivity contribution in [2.24, 2.45) is 0 Å². The molecule has 0 spiro atoms. The lowest BCUT2D eigenvalue weighted by molar-refractivity contribution is -0.148. The van der Waals surface area contributed by atoms with Gasteiger partial charge in [0.15, 0.2) is 0 Å². The molecule has 0 rings (SSSR count). The number of esters is 2. The lowest BCUT2D eigenvalue weighted by Gasteiger charge is -2.16. The Hall–Kier alpha value is -2.12. The molecule has 8 heteroatoms. The van der Waals surface area contributed by atoms with Gasteiger partial charge >= 0.3 is 11.9 Å². The first kappa shape index (κ1) is 17.9. The average Bonchev–Trinajstić information content (AvgIpc) is 2.41. The van der Waals surface area contributed by atoms with Crippen LogP contribution in [-0.2, 0) is 28.7 Å². The third-order valence-electron chi connectivity index (χ3n) is 2.19. The van der Waals surface area contributed by atoms with Gasteiger partial charge in [-0.15, -0.1) is 0 Å². The molecule has 2 amide bonds. The molecule has 0 aromatic heterocycles. The summed E-state index contributed by atoms with van der Waals surface area (Å²) in [5.41, 5.74) is 0. The topological polar surface area (TPSA) is 111 Å². The molecule has 0 fully saturated rings. The molecule has 0 aromatic rings. The number of carbonyl (C=O) groups excluding carboxylic acids is 4. The van der Waals surface area contributed by atoms with Crippen LogP contribution in [0.15, 0.2) is 0 Å². The van der Waals surface area contributed by atoms with Crippen LogP contribution in [0.1, 0.15) is 26.7 Å². The highest BCUT2D eigenvalue weighted by atomic mass is 16.5. The maximum Gasteiger partial charge on any atom is 0.328 e. The van der Waals surface area contributed by atoms with E-state index in [4.69, 9.17) is 9.47 Å². The van der Waals surface area contributed by atoms with Gasteiger partial charge in [0.2, 0.25) is 12.3 Å². The van der Waals surface area contributed by atoms with Gasteiger partial charge in [0.1, 0.15) is 6.04 Å². The second-order valence-corrected chi connectivity index (χ2v) is 3.71. The van der Waals surface area contributed by atoms with E-state index >= 15 is 0 Å². The van der Waals surface area contributed by atoms with Gasteiger partial charge in [-0.05, 0) is 20.3 Å². The van der Waals surface area contributed by atoms with E-state index in [1.165, 1.54) is 0 Å². The molecule has 0 saturated carbocycles. The smallest absolute Gasteiger partial charge is 0.328 e. The standard InChI is InChI=1S/C12H20N2O6/c1-3-19-11(17)6-5-9(12(18)20-4-2)14-10(16)7-13-8-15/h8-9H,3-7H2,1-2H3,(H,13,15)(H,14,16). The minimum absolute atomic E-state index is 0.0152. The van der Waals surface area contributed by atoms with Crippen molar-refractivity contribution in [3.63, 3.8) is 0 Å². The second kappa shape index (κ2) is 10.8. The molecule has 0 radical (unpaired) electrons. The van der Waals surface area contributed by atoms with E-state index in [2.05, 4.69) is 10.6 Å². The van der Waals surface area contributed by atoms with Crippen molar-refractivity contribution in [1.29, 1.82) is 0 Å². The van der Waals surface area contributed by atoms with Gasteiger partial charge in [0, 0.05) is 6.42 Å². The van der Waals surface area contributed by atoms with Crippen LogP contribution in [0.3, 0.4) is 0 Å². The Kier molecular flexibility index (Phi) is 9.63. The van der Waals surface area contributed by atoms with Gasteiger partial charge < -0.3 is 20.1 Å². The summed E-state index contributed by atoms with van der Waals surface area (Å²) in [6.07, 6.45) is 0.431. The van der Waals surface area contributed by atoms with Gasteiger partial charge in [0.25, 0.3) is 0 Å². The van der Waals surface area contributed by atoms with Crippen molar-refractivity contribution in [3.05, 3.63) is 0 Å². The number of hydrogen-bond acceptors (Lipinski definition) is 6. The Bertz CT molecular complexity index is 345. The molecular formula is C12H20N2O6. The van der Waals surface area contributed by atoms with Gasteiger partial charge in [0.05, 0.1) is 19.8 Å². The highest BCUT2D eigenvalue weighted by Gasteiger charge is 2.23. The summed E-state index contributed by atoms with van der Waals surface area (Å²) in [4.78, 5) is 44.4. The highest BCUT2D eigenvalue weighted by Crippen LogP contribution is 2.02. The van der Waals surface area contributed by atoms with Gasteiger partial charge in [-0.25, -0.2) is 4.79 Å². The fourth-order valence-electron chi connectivity index (χ4n) is 1.37. The van der Waals surface area contributed by atoms with E-state index in [-0.39, 0.29) is 32.6 Å². The number of ether oxygens (including phenoxy) is 2. The number of nitrogens with one attached hydrogen (secondary N) is 2. The number of hydrogen-bond donors (Lipinski definition) is 2. The predicted octanol–water partition coefficient (Wildman–Crippen LogP) is -0.876. The first-order valence-corrected chi connectivity index (χ1v) is 6.33. The molecule has 0 bridgehead atoms. The summed E-state index contributed by atoms with van der Waals surface area (Å²) in [5, 5.41) is 4.56. The molecule has 2 N–H and O–H groups in total. The van der Waals surface area contributed by atoms with E-state index in [0.29, 0.717) is 6.41 Å². The third-order valence-corrected chi connectivity index (χ3v) is 2.19. The number of rotatable bonds is 10. The van der Waals surface area contributed by atoms with E-state index in [1.807, 2.05) is 0 Å². The molecule has 114 valence electrons. The highest BCUT2D eigenvalue weighted by molar-refractivity contribution is 5.86. The number of amides is 2. The fourth-order valence-corrected chi connectivity index (χ4v) is 1.37. The molecule has 0 aliphatic heterocycles. The second-order valence-electron chi connectivity index (χ2n) is 3.71. The first-order valence-electron chi connectivity index (χ1n) is 6.33. The van der Waals surface area contributed by atoms with Crippen molar-refractivity contribution in [2.75, 3.05) is 19.8 Å². The van der Waals surface area contributed by atoms with Crippen LogP contribution in [0.4, 0.5) is 0 Å². The lowest BCUT2D eigenvalue weighted by Crippen LogP contribution is -2.45. The zero-order valence-electron chi connectivity index (χ0n) is 11.6. The molecule has 8 nitrogen and oxygen atoms in total. The van der Waals surface area contributed by atoms with Crippen molar-refractivity contribution in [2.45, 2.75) is 32.7 Å². The van der Waals surface area contributed by atoms with Crippen LogP contribution in [0, 0.1) is 0 Å². The molecule has 0 saturated heterocycles. The predicted molar refractivity (Wildman–Crippen MR) is 68.5 cm³/mol. The van der Waals surface area contributed by atoms with Crippen LogP contribution in [0.2, 0.25) is 0 Å². The summed E-state index contributed by atoms with van der Waals surface area (Å²) in [6, 6.07) is -0.944. The lowest BCUT2D eigenvalue weighted by atomic mass is 10.1. The Balaban J connectivity index is 4.40. The molecule has 0 aromatic carbocycles. The molecule has 20 heavy (non-hydrogen) atoms. The zero-order valence-corrected chi connectivity index (χ0v) is 11.6. The van der Waals surface area contributed by atoms with Gasteiger partial charge in [-0.1, -0.05) is 0 Å². The Morgan fingerprint density at radius 2 is 1.80 bits per heavy atom. The molecular weight excluding hydrogens is 268 g/mol. The molecule has 1 atom stereocenters. The summed E-state index contributed by atoms with van der Waals surface area (Å²) in [6.45, 7) is 3.47. The zero-order chi connectivity index (χ0) is 15.4. The fraction of sp³-hybridized carbons (Fsp3) is 0.667. The molecule has 1 unspecified atom stereocenters. The Morgan fingerprint density at radius 3 is 2.35 bits per heavy atom. The largest absolute Gasteiger partial charge is 0.466 e. The third kappa shape index (κ3) is 8.06. The van der Waals surface area contributed by atoms with E-state index in [9.17, 15) is 19.2 Å². The van der Waals surface area contributed by atoms with E-state index < -0.39 is 23.9 Å². The van der Waals surface area contributed by atoms with Gasteiger partial charge in [-0.2, -0.15) is 0 Å². The Labute approximate surface area is 117 Å². The minimum atomic E-state index is -0.944. The average molecular weight is 288 g/mol. The van der Waals surface area contributed by atoms with Crippen LogP contribution < -0.4 is 10.6 Å². The van der Waals surface area contributed by atoms with E-state index in [0.717, 1.165) is 0 Å². The normalized spacial score (nSPS) is 11.1. The monoisotopic (exact) mass is 288 g/mol.